The second-order valence-corrected chi connectivity index (χ2v) is 7.30. The van der Waals surface area contributed by atoms with Gasteiger partial charge < -0.3 is 14.6 Å². The third-order valence-electron chi connectivity index (χ3n) is 4.87. The van der Waals surface area contributed by atoms with Crippen molar-refractivity contribution in [3.8, 4) is 11.5 Å². The molecule has 0 atom stereocenters. The molecule has 33 heavy (non-hydrogen) atoms. The fourth-order valence-corrected chi connectivity index (χ4v) is 3.12. The number of ether oxygens (including phenoxy) is 2. The minimum absolute atomic E-state index is 0.0303. The number of hydrazone groups is 1. The highest BCUT2D eigenvalue weighted by Crippen LogP contribution is 2.38. The molecule has 0 unspecified atom stereocenters. The molecule has 3 rings (SSSR count). The van der Waals surface area contributed by atoms with E-state index in [1.165, 1.54) is 31.5 Å². The first kappa shape index (κ1) is 23.3. The van der Waals surface area contributed by atoms with Gasteiger partial charge in [0, 0.05) is 11.6 Å². The Morgan fingerprint density at radius 1 is 1.18 bits per heavy atom. The lowest BCUT2D eigenvalue weighted by atomic mass is 10.1. The Bertz CT molecular complexity index is 1220. The molecule has 3 aromatic rings. The average molecular weight is 449 g/mol. The molecule has 3 aromatic carbocycles. The van der Waals surface area contributed by atoms with Crippen LogP contribution in [0.5, 0.6) is 11.5 Å². The summed E-state index contributed by atoms with van der Waals surface area (Å²) >= 11 is 0. The summed E-state index contributed by atoms with van der Waals surface area (Å²) in [6.07, 6.45) is 1.37. The standard InChI is InChI=1S/C24H23N3O6/c1-15-7-8-16(2)19(9-15)14-33-23-21(27(30)31)10-17(11-22(23)32-3)13-25-26-20-6-4-5-18(12-20)24(28)29/h4-13,26H,14H2,1-3H3,(H,28,29)/b25-13+. The molecule has 2 N–H and O–H groups in total. The molecule has 0 aliphatic heterocycles. The van der Waals surface area contributed by atoms with Gasteiger partial charge >= 0.3 is 11.7 Å². The smallest absolute Gasteiger partial charge is 0.335 e. The molecule has 0 saturated carbocycles. The van der Waals surface area contributed by atoms with Crippen LogP contribution in [0.25, 0.3) is 0 Å². The zero-order chi connectivity index (χ0) is 24.0. The monoisotopic (exact) mass is 449 g/mol. The fourth-order valence-electron chi connectivity index (χ4n) is 3.12. The van der Waals surface area contributed by atoms with E-state index in [1.807, 2.05) is 32.0 Å². The Kier molecular flexibility index (Phi) is 7.24. The van der Waals surface area contributed by atoms with E-state index in [1.54, 1.807) is 18.2 Å². The largest absolute Gasteiger partial charge is 0.493 e. The van der Waals surface area contributed by atoms with Crippen molar-refractivity contribution in [1.29, 1.82) is 0 Å². The molecular weight excluding hydrogens is 426 g/mol. The van der Waals surface area contributed by atoms with Crippen molar-refractivity contribution in [3.05, 3.63) is 92.5 Å². The van der Waals surface area contributed by atoms with Crippen LogP contribution >= 0.6 is 0 Å². The molecule has 0 amide bonds. The van der Waals surface area contributed by atoms with Gasteiger partial charge in [-0.15, -0.1) is 0 Å². The second-order valence-electron chi connectivity index (χ2n) is 7.30. The maximum atomic E-state index is 11.7. The van der Waals surface area contributed by atoms with Gasteiger partial charge in [0.05, 0.1) is 29.5 Å². The first-order chi connectivity index (χ1) is 15.8. The Morgan fingerprint density at radius 2 is 1.97 bits per heavy atom. The van der Waals surface area contributed by atoms with Crippen LogP contribution in [-0.4, -0.2) is 29.3 Å². The van der Waals surface area contributed by atoms with E-state index >= 15 is 0 Å². The van der Waals surface area contributed by atoms with Gasteiger partial charge in [-0.2, -0.15) is 5.10 Å². The van der Waals surface area contributed by atoms with Gasteiger partial charge in [-0.1, -0.05) is 29.8 Å². The zero-order valence-corrected chi connectivity index (χ0v) is 18.4. The van der Waals surface area contributed by atoms with Crippen LogP contribution < -0.4 is 14.9 Å². The summed E-state index contributed by atoms with van der Waals surface area (Å²) in [5.74, 6) is -0.828. The first-order valence-electron chi connectivity index (χ1n) is 9.96. The number of nitro benzene ring substituents is 1. The molecule has 0 fully saturated rings. The van der Waals surface area contributed by atoms with E-state index in [4.69, 9.17) is 14.6 Å². The summed E-state index contributed by atoms with van der Waals surface area (Å²) in [6, 6.07) is 15.0. The molecule has 0 radical (unpaired) electrons. The minimum Gasteiger partial charge on any atom is -0.493 e. The lowest BCUT2D eigenvalue weighted by Crippen LogP contribution is -2.04. The number of methoxy groups -OCH3 is 1. The third kappa shape index (κ3) is 5.85. The van der Waals surface area contributed by atoms with Crippen LogP contribution in [-0.2, 0) is 6.61 Å². The van der Waals surface area contributed by atoms with Crippen molar-refractivity contribution in [2.45, 2.75) is 20.5 Å². The van der Waals surface area contributed by atoms with Crippen molar-refractivity contribution < 1.29 is 24.3 Å². The van der Waals surface area contributed by atoms with Crippen LogP contribution in [0.1, 0.15) is 32.6 Å². The lowest BCUT2D eigenvalue weighted by molar-refractivity contribution is -0.386. The quantitative estimate of drug-likeness (QED) is 0.269. The molecule has 0 aliphatic carbocycles. The molecule has 9 nitrogen and oxygen atoms in total. The van der Waals surface area contributed by atoms with Crippen molar-refractivity contribution in [1.82, 2.24) is 0 Å². The van der Waals surface area contributed by atoms with Gasteiger partial charge in [0.25, 0.3) is 0 Å². The van der Waals surface area contributed by atoms with E-state index in [-0.39, 0.29) is 29.4 Å². The van der Waals surface area contributed by atoms with Crippen molar-refractivity contribution in [3.63, 3.8) is 0 Å². The number of nitrogens with zero attached hydrogens (tertiary/aromatic N) is 2. The van der Waals surface area contributed by atoms with E-state index in [9.17, 15) is 14.9 Å². The Hall–Kier alpha value is -4.40. The van der Waals surface area contributed by atoms with Gasteiger partial charge in [0.2, 0.25) is 5.75 Å². The summed E-state index contributed by atoms with van der Waals surface area (Å²) < 4.78 is 11.2. The van der Waals surface area contributed by atoms with Gasteiger partial charge in [0.1, 0.15) is 6.61 Å². The summed E-state index contributed by atoms with van der Waals surface area (Å²) in [5.41, 5.74) is 6.43. The van der Waals surface area contributed by atoms with Crippen LogP contribution in [0, 0.1) is 24.0 Å². The van der Waals surface area contributed by atoms with Gasteiger partial charge in [-0.05, 0) is 49.2 Å². The number of carboxylic acids is 1. The predicted octanol–water partition coefficient (Wildman–Crippen LogP) is 4.94. The first-order valence-corrected chi connectivity index (χ1v) is 9.96. The maximum Gasteiger partial charge on any atom is 0.335 e. The van der Waals surface area contributed by atoms with E-state index in [0.29, 0.717) is 11.3 Å². The van der Waals surface area contributed by atoms with Crippen LogP contribution in [0.2, 0.25) is 0 Å². The summed E-state index contributed by atoms with van der Waals surface area (Å²) in [6.45, 7) is 4.06. The van der Waals surface area contributed by atoms with E-state index in [0.717, 1.165) is 16.7 Å². The molecule has 170 valence electrons. The maximum absolute atomic E-state index is 11.7. The van der Waals surface area contributed by atoms with Crippen molar-refractivity contribution in [2.75, 3.05) is 12.5 Å². The number of hydrogen-bond donors (Lipinski definition) is 2. The third-order valence-corrected chi connectivity index (χ3v) is 4.87. The van der Waals surface area contributed by atoms with Crippen LogP contribution in [0.4, 0.5) is 11.4 Å². The number of anilines is 1. The summed E-state index contributed by atoms with van der Waals surface area (Å²) in [7, 11) is 1.40. The molecule has 0 aromatic heterocycles. The topological polar surface area (TPSA) is 123 Å². The number of rotatable bonds is 9. The molecule has 0 heterocycles. The number of nitro groups is 1. The van der Waals surface area contributed by atoms with Crippen molar-refractivity contribution in [2.24, 2.45) is 5.10 Å². The zero-order valence-electron chi connectivity index (χ0n) is 18.4. The molecule has 9 heteroatoms. The summed E-state index contributed by atoms with van der Waals surface area (Å²) in [5, 5.41) is 24.8. The Balaban J connectivity index is 1.84. The highest BCUT2D eigenvalue weighted by molar-refractivity contribution is 5.89. The van der Waals surface area contributed by atoms with Gasteiger partial charge in [-0.25, -0.2) is 4.79 Å². The van der Waals surface area contributed by atoms with Crippen LogP contribution in [0.3, 0.4) is 0 Å². The molecule has 0 saturated heterocycles. The number of benzene rings is 3. The number of hydrogen-bond acceptors (Lipinski definition) is 7. The number of nitrogens with one attached hydrogen (secondary N) is 1. The molecule has 0 spiro atoms. The van der Waals surface area contributed by atoms with Gasteiger partial charge in [-0.3, -0.25) is 15.5 Å². The van der Waals surface area contributed by atoms with E-state index in [2.05, 4.69) is 10.5 Å². The van der Waals surface area contributed by atoms with Gasteiger partial charge in [0.15, 0.2) is 5.75 Å². The highest BCUT2D eigenvalue weighted by Gasteiger charge is 2.22. The SMILES string of the molecule is COc1cc(/C=N/Nc2cccc(C(=O)O)c2)cc([N+](=O)[O-])c1OCc1cc(C)ccc1C. The van der Waals surface area contributed by atoms with Crippen LogP contribution in [0.15, 0.2) is 59.7 Å². The lowest BCUT2D eigenvalue weighted by Gasteiger charge is -2.13. The average Bonchev–Trinajstić information content (AvgIpc) is 2.79. The minimum atomic E-state index is -1.06. The second kappa shape index (κ2) is 10.3. The predicted molar refractivity (Wildman–Crippen MR) is 125 cm³/mol. The number of aromatic carboxylic acids is 1. The Morgan fingerprint density at radius 3 is 2.67 bits per heavy atom. The molecule has 0 bridgehead atoms. The number of carbonyl (C=O) groups is 1. The molecule has 0 aliphatic rings. The van der Waals surface area contributed by atoms with Crippen molar-refractivity contribution >= 4 is 23.6 Å². The fraction of sp³-hybridized carbons (Fsp3) is 0.167. The Labute approximate surface area is 190 Å². The number of aryl methyl sites for hydroxylation is 2. The normalized spacial score (nSPS) is 10.8. The molecular formula is C24H23N3O6. The summed E-state index contributed by atoms with van der Waals surface area (Å²) in [4.78, 5) is 22.3. The number of carboxylic acid groups (broad SMARTS) is 1. The van der Waals surface area contributed by atoms with E-state index < -0.39 is 10.9 Å². The highest BCUT2D eigenvalue weighted by atomic mass is 16.6.